The minimum absolute atomic E-state index is 0.293. The van der Waals surface area contributed by atoms with Gasteiger partial charge in [0.05, 0.1) is 17.7 Å². The molecule has 1 saturated heterocycles. The van der Waals surface area contributed by atoms with Crippen molar-refractivity contribution in [2.45, 2.75) is 44.8 Å². The number of ether oxygens (including phenoxy) is 2. The van der Waals surface area contributed by atoms with Crippen LogP contribution in [-0.4, -0.2) is 26.4 Å². The zero-order chi connectivity index (χ0) is 14.4. The van der Waals surface area contributed by atoms with Gasteiger partial charge < -0.3 is 14.8 Å². The summed E-state index contributed by atoms with van der Waals surface area (Å²) in [7, 11) is 1.94. The normalized spacial score (nSPS) is 20.1. The third-order valence-electron chi connectivity index (χ3n) is 3.84. The van der Waals surface area contributed by atoms with E-state index in [9.17, 15) is 0 Å². The second kappa shape index (κ2) is 7.87. The molecule has 1 heterocycles. The molecule has 1 aliphatic heterocycles. The fourth-order valence-corrected chi connectivity index (χ4v) is 2.68. The molecule has 1 aromatic rings. The van der Waals surface area contributed by atoms with Crippen molar-refractivity contribution >= 4 is 11.6 Å². The van der Waals surface area contributed by atoms with Crippen molar-refractivity contribution in [2.75, 3.05) is 20.3 Å². The molecular formula is C16H24ClNO2. The third-order valence-corrected chi connectivity index (χ3v) is 4.14. The van der Waals surface area contributed by atoms with E-state index in [1.54, 1.807) is 0 Å². The molecule has 0 saturated carbocycles. The lowest BCUT2D eigenvalue weighted by Crippen LogP contribution is -2.12. The van der Waals surface area contributed by atoms with Crippen molar-refractivity contribution in [3.63, 3.8) is 0 Å². The van der Waals surface area contributed by atoms with Gasteiger partial charge in [-0.1, -0.05) is 17.7 Å². The van der Waals surface area contributed by atoms with Gasteiger partial charge in [-0.3, -0.25) is 0 Å². The van der Waals surface area contributed by atoms with Gasteiger partial charge in [-0.15, -0.1) is 0 Å². The predicted molar refractivity (Wildman–Crippen MR) is 82.6 cm³/mol. The molecule has 0 aliphatic carbocycles. The first-order valence-corrected chi connectivity index (χ1v) is 7.79. The quantitative estimate of drug-likeness (QED) is 0.773. The van der Waals surface area contributed by atoms with Crippen molar-refractivity contribution < 1.29 is 9.47 Å². The molecule has 2 rings (SSSR count). The summed E-state index contributed by atoms with van der Waals surface area (Å²) in [4.78, 5) is 0. The van der Waals surface area contributed by atoms with Crippen molar-refractivity contribution in [2.24, 2.45) is 0 Å². The Hall–Kier alpha value is -0.770. The molecule has 3 nitrogen and oxygen atoms in total. The van der Waals surface area contributed by atoms with E-state index >= 15 is 0 Å². The molecule has 1 aliphatic rings. The van der Waals surface area contributed by atoms with E-state index in [1.807, 2.05) is 19.2 Å². The molecule has 4 heteroatoms. The van der Waals surface area contributed by atoms with Crippen molar-refractivity contribution in [3.05, 3.63) is 28.8 Å². The van der Waals surface area contributed by atoms with Crippen LogP contribution in [0, 0.1) is 0 Å². The number of hydrogen-bond acceptors (Lipinski definition) is 3. The summed E-state index contributed by atoms with van der Waals surface area (Å²) < 4.78 is 11.4. The van der Waals surface area contributed by atoms with Crippen molar-refractivity contribution in [3.8, 4) is 5.75 Å². The SMILES string of the molecule is CNC(C)c1ccc(OCCCC2CCCO2)c(Cl)c1. The van der Waals surface area contributed by atoms with Crippen LogP contribution in [0.3, 0.4) is 0 Å². The highest BCUT2D eigenvalue weighted by Gasteiger charge is 2.14. The van der Waals surface area contributed by atoms with Crippen LogP contribution >= 0.6 is 11.6 Å². The summed E-state index contributed by atoms with van der Waals surface area (Å²) in [6.07, 6.45) is 4.91. The fraction of sp³-hybridized carbons (Fsp3) is 0.625. The molecule has 0 radical (unpaired) electrons. The standard InChI is InChI=1S/C16H24ClNO2/c1-12(18-2)13-7-8-16(15(17)11-13)20-10-4-6-14-5-3-9-19-14/h7-8,11-12,14,18H,3-6,9-10H2,1-2H3. The first-order chi connectivity index (χ1) is 9.70. The maximum Gasteiger partial charge on any atom is 0.137 e. The molecule has 2 unspecified atom stereocenters. The Morgan fingerprint density at radius 1 is 1.50 bits per heavy atom. The molecular weight excluding hydrogens is 274 g/mol. The number of hydrogen-bond donors (Lipinski definition) is 1. The summed E-state index contributed by atoms with van der Waals surface area (Å²) in [6, 6.07) is 6.28. The van der Waals surface area contributed by atoms with E-state index in [0.717, 1.165) is 25.2 Å². The first-order valence-electron chi connectivity index (χ1n) is 7.42. The van der Waals surface area contributed by atoms with E-state index in [-0.39, 0.29) is 0 Å². The number of benzene rings is 1. The predicted octanol–water partition coefficient (Wildman–Crippen LogP) is 3.96. The van der Waals surface area contributed by atoms with Crippen LogP contribution in [0.4, 0.5) is 0 Å². The monoisotopic (exact) mass is 297 g/mol. The average molecular weight is 298 g/mol. The van der Waals surface area contributed by atoms with E-state index in [0.29, 0.717) is 23.8 Å². The molecule has 0 spiro atoms. The number of rotatable bonds is 7. The molecule has 20 heavy (non-hydrogen) atoms. The maximum absolute atomic E-state index is 6.26. The Labute approximate surface area is 126 Å². The van der Waals surface area contributed by atoms with Gasteiger partial charge in [-0.2, -0.15) is 0 Å². The van der Waals surface area contributed by atoms with Crippen LogP contribution in [0.15, 0.2) is 18.2 Å². The van der Waals surface area contributed by atoms with Gasteiger partial charge in [-0.25, -0.2) is 0 Å². The second-order valence-electron chi connectivity index (χ2n) is 5.33. The molecule has 1 fully saturated rings. The summed E-state index contributed by atoms with van der Waals surface area (Å²) >= 11 is 6.26. The van der Waals surface area contributed by atoms with Gasteiger partial charge in [0.1, 0.15) is 5.75 Å². The number of halogens is 1. The Kier molecular flexibility index (Phi) is 6.14. The summed E-state index contributed by atoms with van der Waals surface area (Å²) in [5, 5.41) is 3.88. The molecule has 1 aromatic carbocycles. The molecule has 2 atom stereocenters. The maximum atomic E-state index is 6.26. The highest BCUT2D eigenvalue weighted by atomic mass is 35.5. The lowest BCUT2D eigenvalue weighted by molar-refractivity contribution is 0.0981. The second-order valence-corrected chi connectivity index (χ2v) is 5.73. The van der Waals surface area contributed by atoms with Gasteiger partial charge in [0.2, 0.25) is 0 Å². The van der Waals surface area contributed by atoms with Crippen LogP contribution in [0.25, 0.3) is 0 Å². The van der Waals surface area contributed by atoms with E-state index < -0.39 is 0 Å². The minimum atomic E-state index is 0.293. The van der Waals surface area contributed by atoms with Crippen molar-refractivity contribution in [1.29, 1.82) is 0 Å². The average Bonchev–Trinajstić information content (AvgIpc) is 2.97. The lowest BCUT2D eigenvalue weighted by atomic mass is 10.1. The zero-order valence-corrected chi connectivity index (χ0v) is 13.1. The first kappa shape index (κ1) is 15.6. The van der Waals surface area contributed by atoms with Crippen LogP contribution in [0.1, 0.15) is 44.2 Å². The molecule has 1 N–H and O–H groups in total. The van der Waals surface area contributed by atoms with Crippen LogP contribution in [0.2, 0.25) is 5.02 Å². The smallest absolute Gasteiger partial charge is 0.137 e. The largest absolute Gasteiger partial charge is 0.492 e. The molecule has 0 amide bonds. The number of nitrogens with one attached hydrogen (secondary N) is 1. The summed E-state index contributed by atoms with van der Waals surface area (Å²) in [5.41, 5.74) is 1.17. The Balaban J connectivity index is 1.77. The Morgan fingerprint density at radius 2 is 2.35 bits per heavy atom. The molecule has 0 bridgehead atoms. The zero-order valence-electron chi connectivity index (χ0n) is 12.3. The lowest BCUT2D eigenvalue weighted by Gasteiger charge is -2.14. The highest BCUT2D eigenvalue weighted by Crippen LogP contribution is 2.28. The third kappa shape index (κ3) is 4.37. The van der Waals surface area contributed by atoms with E-state index in [1.165, 1.54) is 18.4 Å². The summed E-state index contributed by atoms with van der Waals surface area (Å²) in [6.45, 7) is 3.72. The van der Waals surface area contributed by atoms with Crippen LogP contribution in [-0.2, 0) is 4.74 Å². The van der Waals surface area contributed by atoms with Crippen LogP contribution in [0.5, 0.6) is 5.75 Å². The van der Waals surface area contributed by atoms with E-state index in [2.05, 4.69) is 18.3 Å². The Bertz CT molecular complexity index is 419. The molecule has 112 valence electrons. The van der Waals surface area contributed by atoms with Crippen LogP contribution < -0.4 is 10.1 Å². The van der Waals surface area contributed by atoms with Crippen molar-refractivity contribution in [1.82, 2.24) is 5.32 Å². The van der Waals surface area contributed by atoms with Gasteiger partial charge >= 0.3 is 0 Å². The van der Waals surface area contributed by atoms with Gasteiger partial charge in [0.25, 0.3) is 0 Å². The van der Waals surface area contributed by atoms with Gasteiger partial charge in [-0.05, 0) is 57.4 Å². The van der Waals surface area contributed by atoms with Gasteiger partial charge in [0, 0.05) is 12.6 Å². The summed E-state index contributed by atoms with van der Waals surface area (Å²) in [5.74, 6) is 0.770. The molecule has 0 aromatic heterocycles. The van der Waals surface area contributed by atoms with Gasteiger partial charge in [0.15, 0.2) is 0 Å². The van der Waals surface area contributed by atoms with E-state index in [4.69, 9.17) is 21.1 Å². The fourth-order valence-electron chi connectivity index (χ4n) is 2.44. The minimum Gasteiger partial charge on any atom is -0.492 e. The topological polar surface area (TPSA) is 30.5 Å². The Morgan fingerprint density at radius 3 is 3.00 bits per heavy atom. The highest BCUT2D eigenvalue weighted by molar-refractivity contribution is 6.32.